The lowest BCUT2D eigenvalue weighted by Gasteiger charge is -2.27. The van der Waals surface area contributed by atoms with Gasteiger partial charge in [-0.05, 0) is 13.3 Å². The normalized spacial score (nSPS) is 15.2. The van der Waals surface area contributed by atoms with Crippen LogP contribution in [0.25, 0.3) is 0 Å². The fourth-order valence-electron chi connectivity index (χ4n) is 2.47. The van der Waals surface area contributed by atoms with E-state index in [1.165, 1.54) is 0 Å². The van der Waals surface area contributed by atoms with Gasteiger partial charge in [0.15, 0.2) is 0 Å². The third-order valence-electron chi connectivity index (χ3n) is 3.59. The van der Waals surface area contributed by atoms with Crippen LogP contribution < -0.4 is 5.32 Å². The minimum absolute atomic E-state index is 0.0238. The van der Waals surface area contributed by atoms with E-state index in [1.54, 1.807) is 19.1 Å². The van der Waals surface area contributed by atoms with Crippen molar-refractivity contribution in [1.82, 2.24) is 14.5 Å². The summed E-state index contributed by atoms with van der Waals surface area (Å²) in [5, 5.41) is 3.21. The van der Waals surface area contributed by atoms with Crippen LogP contribution >= 0.6 is 0 Å². The zero-order valence-electron chi connectivity index (χ0n) is 13.0. The number of hydrogen-bond donors (Lipinski definition) is 1. The minimum Gasteiger partial charge on any atom is -0.383 e. The van der Waals surface area contributed by atoms with Crippen molar-refractivity contribution in [2.45, 2.75) is 25.9 Å². The number of carbonyl (C=O) groups is 1. The van der Waals surface area contributed by atoms with Crippen LogP contribution in [0.1, 0.15) is 23.8 Å². The van der Waals surface area contributed by atoms with Crippen LogP contribution in [-0.4, -0.2) is 66.9 Å². The molecule has 1 aromatic rings. The number of rotatable bonds is 7. The second-order valence-corrected chi connectivity index (χ2v) is 5.22. The van der Waals surface area contributed by atoms with Crippen LogP contribution in [0.2, 0.25) is 0 Å². The molecular weight excluding hydrogens is 272 g/mol. The van der Waals surface area contributed by atoms with Crippen molar-refractivity contribution in [3.8, 4) is 0 Å². The summed E-state index contributed by atoms with van der Waals surface area (Å²) in [7, 11) is 3.26. The van der Waals surface area contributed by atoms with E-state index in [9.17, 15) is 4.79 Å². The van der Waals surface area contributed by atoms with Crippen LogP contribution in [-0.2, 0) is 16.0 Å². The maximum Gasteiger partial charge on any atom is 0.274 e. The Kier molecular flexibility index (Phi) is 5.58. The van der Waals surface area contributed by atoms with Gasteiger partial charge < -0.3 is 24.3 Å². The van der Waals surface area contributed by atoms with Crippen LogP contribution in [0.15, 0.2) is 6.20 Å². The van der Waals surface area contributed by atoms with Crippen LogP contribution in [0.4, 0.5) is 5.95 Å². The Morgan fingerprint density at radius 3 is 3.00 bits per heavy atom. The second kappa shape index (κ2) is 7.42. The van der Waals surface area contributed by atoms with E-state index in [0.29, 0.717) is 25.5 Å². The Bertz CT molecular complexity index is 451. The molecule has 1 aromatic heterocycles. The number of nitrogens with zero attached hydrogens (tertiary/aromatic N) is 3. The van der Waals surface area contributed by atoms with Gasteiger partial charge in [0.25, 0.3) is 5.91 Å². The highest BCUT2D eigenvalue weighted by Gasteiger charge is 2.25. The number of aromatic nitrogens is 2. The molecule has 0 bridgehead atoms. The number of amides is 1. The smallest absolute Gasteiger partial charge is 0.274 e. The molecule has 1 aliphatic heterocycles. The summed E-state index contributed by atoms with van der Waals surface area (Å²) in [6.07, 6.45) is 2.87. The lowest BCUT2D eigenvalue weighted by Crippen LogP contribution is -2.43. The molecule has 2 rings (SSSR count). The van der Waals surface area contributed by atoms with Gasteiger partial charge in [-0.1, -0.05) is 0 Å². The molecule has 0 fully saturated rings. The summed E-state index contributed by atoms with van der Waals surface area (Å²) in [6.45, 7) is 5.26. The molecule has 0 spiro atoms. The molecule has 0 radical (unpaired) electrons. The lowest BCUT2D eigenvalue weighted by atomic mass is 10.2. The predicted molar refractivity (Wildman–Crippen MR) is 79.6 cm³/mol. The topological polar surface area (TPSA) is 68.6 Å². The molecule has 1 atom stereocenters. The number of carbonyl (C=O) groups excluding carboxylic acids is 1. The first-order chi connectivity index (χ1) is 10.2. The molecule has 7 heteroatoms. The van der Waals surface area contributed by atoms with Gasteiger partial charge >= 0.3 is 0 Å². The molecule has 1 amide bonds. The number of imidazole rings is 1. The number of nitrogens with one attached hydrogen (secondary N) is 1. The molecule has 0 aliphatic carbocycles. The molecule has 0 saturated heterocycles. The zero-order valence-corrected chi connectivity index (χ0v) is 13.0. The monoisotopic (exact) mass is 296 g/mol. The Morgan fingerprint density at radius 1 is 1.52 bits per heavy atom. The molecule has 7 nitrogen and oxygen atoms in total. The highest BCUT2D eigenvalue weighted by molar-refractivity contribution is 5.92. The highest BCUT2D eigenvalue weighted by atomic mass is 16.5. The zero-order chi connectivity index (χ0) is 15.2. The number of hydrogen-bond acceptors (Lipinski definition) is 5. The van der Waals surface area contributed by atoms with E-state index >= 15 is 0 Å². The van der Waals surface area contributed by atoms with Crippen molar-refractivity contribution in [3.63, 3.8) is 0 Å². The van der Waals surface area contributed by atoms with E-state index in [0.717, 1.165) is 25.5 Å². The second-order valence-electron chi connectivity index (χ2n) is 5.22. The summed E-state index contributed by atoms with van der Waals surface area (Å²) in [5.74, 6) is 0.691. The molecule has 1 unspecified atom stereocenters. The van der Waals surface area contributed by atoms with E-state index in [4.69, 9.17) is 9.47 Å². The Labute approximate surface area is 125 Å². The van der Waals surface area contributed by atoms with Crippen molar-refractivity contribution < 1.29 is 14.3 Å². The SMILES string of the molecule is COCCN(C(=O)c1cn2c(n1)NCCC2)C(C)COC. The number of anilines is 1. The van der Waals surface area contributed by atoms with E-state index in [1.807, 2.05) is 17.7 Å². The first-order valence-electron chi connectivity index (χ1n) is 7.27. The van der Waals surface area contributed by atoms with Gasteiger partial charge in [0.05, 0.1) is 19.3 Å². The van der Waals surface area contributed by atoms with E-state index in [2.05, 4.69) is 10.3 Å². The first-order valence-corrected chi connectivity index (χ1v) is 7.27. The number of ether oxygens (including phenoxy) is 2. The third kappa shape index (κ3) is 3.74. The van der Waals surface area contributed by atoms with E-state index in [-0.39, 0.29) is 11.9 Å². The number of fused-ring (bicyclic) bond motifs is 1. The van der Waals surface area contributed by atoms with Crippen molar-refractivity contribution in [2.75, 3.05) is 45.8 Å². The highest BCUT2D eigenvalue weighted by Crippen LogP contribution is 2.16. The summed E-state index contributed by atoms with van der Waals surface area (Å²) in [4.78, 5) is 18.8. The summed E-state index contributed by atoms with van der Waals surface area (Å²) in [6, 6.07) is -0.0238. The minimum atomic E-state index is -0.0831. The van der Waals surface area contributed by atoms with Crippen molar-refractivity contribution >= 4 is 11.9 Å². The number of aryl methyl sites for hydroxylation is 1. The van der Waals surface area contributed by atoms with E-state index < -0.39 is 0 Å². The number of methoxy groups -OCH3 is 2. The molecule has 0 saturated carbocycles. The summed E-state index contributed by atoms with van der Waals surface area (Å²) in [5.41, 5.74) is 0.471. The summed E-state index contributed by atoms with van der Waals surface area (Å²) >= 11 is 0. The van der Waals surface area contributed by atoms with Crippen molar-refractivity contribution in [3.05, 3.63) is 11.9 Å². The molecule has 1 aliphatic rings. The molecular formula is C14H24N4O3. The fourth-order valence-corrected chi connectivity index (χ4v) is 2.47. The largest absolute Gasteiger partial charge is 0.383 e. The third-order valence-corrected chi connectivity index (χ3v) is 3.59. The standard InChI is InChI=1S/C14H24N4O3/c1-11(10-21-3)18(7-8-20-2)13(19)12-9-17-6-4-5-15-14(17)16-12/h9,11H,4-8,10H2,1-3H3,(H,15,16). The van der Waals surface area contributed by atoms with Crippen molar-refractivity contribution in [1.29, 1.82) is 0 Å². The molecule has 2 heterocycles. The molecule has 118 valence electrons. The van der Waals surface area contributed by atoms with Crippen molar-refractivity contribution in [2.24, 2.45) is 0 Å². The van der Waals surface area contributed by atoms with Gasteiger partial charge in [0, 0.05) is 40.1 Å². The van der Waals surface area contributed by atoms with Gasteiger partial charge in [0.2, 0.25) is 5.95 Å². The van der Waals surface area contributed by atoms with Crippen LogP contribution in [0, 0.1) is 0 Å². The maximum atomic E-state index is 12.7. The fraction of sp³-hybridized carbons (Fsp3) is 0.714. The first kappa shape index (κ1) is 15.8. The maximum absolute atomic E-state index is 12.7. The van der Waals surface area contributed by atoms with Gasteiger partial charge in [-0.25, -0.2) is 4.98 Å². The Morgan fingerprint density at radius 2 is 2.33 bits per heavy atom. The molecule has 0 aromatic carbocycles. The van der Waals surface area contributed by atoms with Gasteiger partial charge in [-0.2, -0.15) is 0 Å². The summed E-state index contributed by atoms with van der Waals surface area (Å²) < 4.78 is 12.2. The quantitative estimate of drug-likeness (QED) is 0.807. The van der Waals surface area contributed by atoms with Crippen LogP contribution in [0.3, 0.4) is 0 Å². The van der Waals surface area contributed by atoms with Gasteiger partial charge in [0.1, 0.15) is 5.69 Å². The Hall–Kier alpha value is -1.60. The average molecular weight is 296 g/mol. The average Bonchev–Trinajstić information content (AvgIpc) is 2.91. The predicted octanol–water partition coefficient (Wildman–Crippen LogP) is 0.822. The molecule has 21 heavy (non-hydrogen) atoms. The van der Waals surface area contributed by atoms with Gasteiger partial charge in [-0.3, -0.25) is 4.79 Å². The van der Waals surface area contributed by atoms with Gasteiger partial charge in [-0.15, -0.1) is 0 Å². The molecule has 1 N–H and O–H groups in total. The van der Waals surface area contributed by atoms with Crippen LogP contribution in [0.5, 0.6) is 0 Å². The Balaban J connectivity index is 2.14. The lowest BCUT2D eigenvalue weighted by molar-refractivity contribution is 0.0475.